The van der Waals surface area contributed by atoms with Crippen molar-refractivity contribution in [2.24, 2.45) is 0 Å². The number of benzene rings is 1. The van der Waals surface area contributed by atoms with Crippen LogP contribution in [0.15, 0.2) is 48.9 Å². The van der Waals surface area contributed by atoms with Crippen molar-refractivity contribution >= 4 is 5.91 Å². The predicted molar refractivity (Wildman–Crippen MR) is 101 cm³/mol. The zero-order valence-corrected chi connectivity index (χ0v) is 15.4. The number of rotatable bonds is 8. The fraction of sp³-hybridized carbons (Fsp3) is 0.350. The van der Waals surface area contributed by atoms with Gasteiger partial charge in [-0.2, -0.15) is 10.2 Å². The summed E-state index contributed by atoms with van der Waals surface area (Å²) in [6.07, 6.45) is 8.07. The summed E-state index contributed by atoms with van der Waals surface area (Å²) in [5.41, 5.74) is 4.42. The first-order valence-electron chi connectivity index (χ1n) is 8.98. The van der Waals surface area contributed by atoms with E-state index in [0.717, 1.165) is 29.8 Å². The zero-order valence-electron chi connectivity index (χ0n) is 15.4. The SMILES string of the molecule is Cc1cnn(CCC(=O)NCCCc2cn(-c3ccccc3)nc2C)c1. The first kappa shape index (κ1) is 17.9. The number of carbonyl (C=O) groups excluding carboxylic acids is 1. The van der Waals surface area contributed by atoms with E-state index in [1.807, 2.05) is 55.1 Å². The van der Waals surface area contributed by atoms with Crippen LogP contribution in [0.2, 0.25) is 0 Å². The molecule has 3 rings (SSSR count). The lowest BCUT2D eigenvalue weighted by atomic mass is 10.1. The molecule has 6 heteroatoms. The standard InChI is InChI=1S/C20H25N5O/c1-16-13-22-24(14-16)12-10-20(26)21-11-6-7-18-15-25(23-17(18)2)19-8-4-3-5-9-19/h3-5,8-9,13-15H,6-7,10-12H2,1-2H3,(H,21,26). The Morgan fingerprint density at radius 1 is 1.15 bits per heavy atom. The number of aryl methyl sites for hydroxylation is 4. The predicted octanol–water partition coefficient (Wildman–Crippen LogP) is 2.82. The highest BCUT2D eigenvalue weighted by Crippen LogP contribution is 2.13. The number of hydrogen-bond acceptors (Lipinski definition) is 3. The normalized spacial score (nSPS) is 10.8. The molecular weight excluding hydrogens is 326 g/mol. The van der Waals surface area contributed by atoms with Crippen molar-refractivity contribution in [2.45, 2.75) is 39.7 Å². The molecule has 6 nitrogen and oxygen atoms in total. The van der Waals surface area contributed by atoms with Crippen LogP contribution in [0.4, 0.5) is 0 Å². The Morgan fingerprint density at radius 3 is 2.69 bits per heavy atom. The van der Waals surface area contributed by atoms with Gasteiger partial charge in [-0.1, -0.05) is 18.2 Å². The molecular formula is C20H25N5O. The fourth-order valence-corrected chi connectivity index (χ4v) is 2.85. The van der Waals surface area contributed by atoms with E-state index in [0.29, 0.717) is 19.5 Å². The van der Waals surface area contributed by atoms with E-state index < -0.39 is 0 Å². The van der Waals surface area contributed by atoms with Gasteiger partial charge in [0, 0.05) is 31.9 Å². The lowest BCUT2D eigenvalue weighted by Crippen LogP contribution is -2.25. The van der Waals surface area contributed by atoms with E-state index >= 15 is 0 Å². The minimum absolute atomic E-state index is 0.0647. The largest absolute Gasteiger partial charge is 0.356 e. The third-order valence-electron chi connectivity index (χ3n) is 4.30. The summed E-state index contributed by atoms with van der Waals surface area (Å²) in [6.45, 7) is 5.31. The van der Waals surface area contributed by atoms with Gasteiger partial charge in [-0.05, 0) is 49.9 Å². The molecule has 136 valence electrons. The number of hydrogen-bond donors (Lipinski definition) is 1. The van der Waals surface area contributed by atoms with Crippen molar-refractivity contribution < 1.29 is 4.79 Å². The van der Waals surface area contributed by atoms with Gasteiger partial charge in [-0.15, -0.1) is 0 Å². The van der Waals surface area contributed by atoms with Crippen LogP contribution in [0.1, 0.15) is 29.7 Å². The van der Waals surface area contributed by atoms with Gasteiger partial charge in [0.15, 0.2) is 0 Å². The molecule has 0 bridgehead atoms. The number of nitrogens with zero attached hydrogens (tertiary/aromatic N) is 4. The lowest BCUT2D eigenvalue weighted by Gasteiger charge is -2.05. The Kier molecular flexibility index (Phi) is 5.84. The zero-order chi connectivity index (χ0) is 18.4. The Balaban J connectivity index is 1.41. The van der Waals surface area contributed by atoms with Crippen LogP contribution in [0, 0.1) is 13.8 Å². The van der Waals surface area contributed by atoms with Crippen LogP contribution in [0.3, 0.4) is 0 Å². The number of aromatic nitrogens is 4. The van der Waals surface area contributed by atoms with Crippen LogP contribution in [0.25, 0.3) is 5.69 Å². The highest BCUT2D eigenvalue weighted by molar-refractivity contribution is 5.75. The molecule has 2 heterocycles. The highest BCUT2D eigenvalue weighted by atomic mass is 16.1. The molecule has 0 aliphatic carbocycles. The molecule has 0 spiro atoms. The number of nitrogens with one attached hydrogen (secondary N) is 1. The number of amides is 1. The summed E-state index contributed by atoms with van der Waals surface area (Å²) in [6, 6.07) is 10.1. The molecule has 1 aromatic carbocycles. The van der Waals surface area contributed by atoms with Gasteiger partial charge < -0.3 is 5.32 Å². The van der Waals surface area contributed by atoms with E-state index in [9.17, 15) is 4.79 Å². The molecule has 0 radical (unpaired) electrons. The highest BCUT2D eigenvalue weighted by Gasteiger charge is 2.07. The first-order chi connectivity index (χ1) is 12.6. The van der Waals surface area contributed by atoms with Crippen LogP contribution >= 0.6 is 0 Å². The molecule has 26 heavy (non-hydrogen) atoms. The molecule has 0 saturated heterocycles. The minimum Gasteiger partial charge on any atom is -0.356 e. The van der Waals surface area contributed by atoms with Gasteiger partial charge in [0.05, 0.1) is 17.6 Å². The van der Waals surface area contributed by atoms with Gasteiger partial charge in [0.25, 0.3) is 0 Å². The Morgan fingerprint density at radius 2 is 1.96 bits per heavy atom. The second-order valence-corrected chi connectivity index (χ2v) is 6.50. The van der Waals surface area contributed by atoms with Gasteiger partial charge in [-0.3, -0.25) is 9.48 Å². The van der Waals surface area contributed by atoms with E-state index in [-0.39, 0.29) is 5.91 Å². The lowest BCUT2D eigenvalue weighted by molar-refractivity contribution is -0.121. The van der Waals surface area contributed by atoms with Crippen LogP contribution in [-0.4, -0.2) is 32.0 Å². The van der Waals surface area contributed by atoms with Crippen LogP contribution < -0.4 is 5.32 Å². The summed E-state index contributed by atoms with van der Waals surface area (Å²) in [7, 11) is 0. The molecule has 0 atom stereocenters. The number of para-hydroxylation sites is 1. The summed E-state index contributed by atoms with van der Waals surface area (Å²) >= 11 is 0. The van der Waals surface area contributed by atoms with Crippen molar-refractivity contribution in [3.8, 4) is 5.69 Å². The maximum absolute atomic E-state index is 11.9. The summed E-state index contributed by atoms with van der Waals surface area (Å²) < 4.78 is 3.71. The van der Waals surface area contributed by atoms with E-state index in [1.165, 1.54) is 5.56 Å². The van der Waals surface area contributed by atoms with Crippen molar-refractivity contribution in [3.05, 3.63) is 65.7 Å². The maximum atomic E-state index is 11.9. The molecule has 0 aliphatic heterocycles. The average molecular weight is 351 g/mol. The van der Waals surface area contributed by atoms with Crippen molar-refractivity contribution in [2.75, 3.05) is 6.54 Å². The fourth-order valence-electron chi connectivity index (χ4n) is 2.85. The third-order valence-corrected chi connectivity index (χ3v) is 4.30. The minimum atomic E-state index is 0.0647. The van der Waals surface area contributed by atoms with E-state index in [4.69, 9.17) is 0 Å². The van der Waals surface area contributed by atoms with Crippen molar-refractivity contribution in [3.63, 3.8) is 0 Å². The Labute approximate surface area is 153 Å². The Bertz CT molecular complexity index is 850. The maximum Gasteiger partial charge on any atom is 0.221 e. The van der Waals surface area contributed by atoms with Crippen LogP contribution in [0.5, 0.6) is 0 Å². The van der Waals surface area contributed by atoms with Gasteiger partial charge in [0.2, 0.25) is 5.91 Å². The van der Waals surface area contributed by atoms with Crippen molar-refractivity contribution in [1.82, 2.24) is 24.9 Å². The summed E-state index contributed by atoms with van der Waals surface area (Å²) in [5.74, 6) is 0.0647. The molecule has 2 aromatic heterocycles. The second kappa shape index (κ2) is 8.47. The van der Waals surface area contributed by atoms with Gasteiger partial charge in [-0.25, -0.2) is 4.68 Å². The third kappa shape index (κ3) is 4.81. The summed E-state index contributed by atoms with van der Waals surface area (Å²) in [4.78, 5) is 11.9. The average Bonchev–Trinajstić information content (AvgIpc) is 3.23. The van der Waals surface area contributed by atoms with Gasteiger partial charge in [0.1, 0.15) is 0 Å². The molecule has 0 fully saturated rings. The first-order valence-corrected chi connectivity index (χ1v) is 8.98. The van der Waals surface area contributed by atoms with E-state index in [2.05, 4.69) is 21.7 Å². The van der Waals surface area contributed by atoms with E-state index in [1.54, 1.807) is 10.9 Å². The molecule has 0 unspecified atom stereocenters. The molecule has 3 aromatic rings. The van der Waals surface area contributed by atoms with Gasteiger partial charge >= 0.3 is 0 Å². The molecule has 1 N–H and O–H groups in total. The molecule has 1 amide bonds. The summed E-state index contributed by atoms with van der Waals surface area (Å²) in [5, 5.41) is 11.7. The Hall–Kier alpha value is -2.89. The molecule has 0 saturated carbocycles. The molecule has 0 aliphatic rings. The van der Waals surface area contributed by atoms with Crippen molar-refractivity contribution in [1.29, 1.82) is 0 Å². The monoisotopic (exact) mass is 351 g/mol. The topological polar surface area (TPSA) is 64.7 Å². The smallest absolute Gasteiger partial charge is 0.221 e. The number of carbonyl (C=O) groups is 1. The van der Waals surface area contributed by atoms with Crippen LogP contribution in [-0.2, 0) is 17.8 Å². The quantitative estimate of drug-likeness (QED) is 0.635. The second-order valence-electron chi connectivity index (χ2n) is 6.50.